The second-order valence-corrected chi connectivity index (χ2v) is 12.9. The highest BCUT2D eigenvalue weighted by molar-refractivity contribution is 5.78. The average Bonchev–Trinajstić information content (AvgIpc) is 2.90. The van der Waals surface area contributed by atoms with Crippen molar-refractivity contribution in [2.75, 3.05) is 4.90 Å². The highest BCUT2D eigenvalue weighted by atomic mass is 15.1. The minimum Gasteiger partial charge on any atom is -0.310 e. The molecule has 9 rings (SSSR count). The molecule has 0 saturated heterocycles. The Kier molecular flexibility index (Phi) is 4.96. The third kappa shape index (κ3) is 3.57. The van der Waals surface area contributed by atoms with Gasteiger partial charge in [-0.2, -0.15) is 0 Å². The van der Waals surface area contributed by atoms with Gasteiger partial charge in [0.25, 0.3) is 0 Å². The van der Waals surface area contributed by atoms with Gasteiger partial charge in [-0.1, -0.05) is 45.0 Å². The molecule has 1 nitrogen and oxygen atoms in total. The van der Waals surface area contributed by atoms with Gasteiger partial charge in [-0.05, 0) is 145 Å². The zero-order valence-corrected chi connectivity index (χ0v) is 21.7. The molecule has 2 saturated carbocycles. The zero-order valence-electron chi connectivity index (χ0n) is 21.7. The van der Waals surface area contributed by atoms with Gasteiger partial charge in [-0.25, -0.2) is 0 Å². The van der Waals surface area contributed by atoms with Crippen molar-refractivity contribution in [1.82, 2.24) is 0 Å². The highest BCUT2D eigenvalue weighted by Crippen LogP contribution is 2.53. The molecule has 0 unspecified atom stereocenters. The number of benzene rings is 3. The molecule has 3 aromatic rings. The maximum absolute atomic E-state index is 2.55. The predicted molar refractivity (Wildman–Crippen MR) is 148 cm³/mol. The SMILES string of the molecule is CC(C)(C)c1ccc(N(c2ccc3c(c2)C2CCC3CC2)c2ccc3c(c2)C2CCC3CC2)cc1. The van der Waals surface area contributed by atoms with Crippen molar-refractivity contribution in [1.29, 1.82) is 0 Å². The van der Waals surface area contributed by atoms with E-state index < -0.39 is 0 Å². The summed E-state index contributed by atoms with van der Waals surface area (Å²) >= 11 is 0. The quantitative estimate of drug-likeness (QED) is 0.375. The van der Waals surface area contributed by atoms with Crippen molar-refractivity contribution < 1.29 is 0 Å². The van der Waals surface area contributed by atoms with Gasteiger partial charge in [0.05, 0.1) is 0 Å². The van der Waals surface area contributed by atoms with E-state index in [9.17, 15) is 0 Å². The molecule has 2 fully saturated rings. The first kappa shape index (κ1) is 21.7. The second-order valence-electron chi connectivity index (χ2n) is 12.9. The van der Waals surface area contributed by atoms with Crippen molar-refractivity contribution in [3.63, 3.8) is 0 Å². The van der Waals surface area contributed by atoms with Crippen LogP contribution < -0.4 is 4.90 Å². The fourth-order valence-corrected chi connectivity index (χ4v) is 7.84. The van der Waals surface area contributed by atoms with Crippen molar-refractivity contribution in [2.45, 2.75) is 101 Å². The number of hydrogen-bond donors (Lipinski definition) is 0. The summed E-state index contributed by atoms with van der Waals surface area (Å²) in [5, 5.41) is 0. The van der Waals surface area contributed by atoms with Crippen molar-refractivity contribution >= 4 is 17.1 Å². The van der Waals surface area contributed by atoms with E-state index in [1.165, 1.54) is 74.0 Å². The Morgan fingerprint density at radius 2 is 0.857 bits per heavy atom. The number of hydrogen-bond acceptors (Lipinski definition) is 1. The first-order valence-electron chi connectivity index (χ1n) is 14.1. The van der Waals surface area contributed by atoms with E-state index in [2.05, 4.69) is 86.3 Å². The lowest BCUT2D eigenvalue weighted by Gasteiger charge is -2.40. The standard InChI is InChI=1S/C34H39N/c1-34(2,3)26-12-14-27(15-13-26)35(28-16-18-30-22-4-8-24(9-5-22)32(30)20-28)29-17-19-31-23-6-10-25(11-7-23)33(31)21-29/h12-25H,4-11H2,1-3H3. The Balaban J connectivity index is 1.36. The summed E-state index contributed by atoms with van der Waals surface area (Å²) in [6, 6.07) is 24.2. The number of fused-ring (bicyclic) bond motifs is 4. The van der Waals surface area contributed by atoms with E-state index in [1.54, 1.807) is 22.3 Å². The molecule has 35 heavy (non-hydrogen) atoms. The van der Waals surface area contributed by atoms with Gasteiger partial charge in [-0.15, -0.1) is 0 Å². The smallest absolute Gasteiger partial charge is 0.0464 e. The molecule has 0 heterocycles. The molecule has 0 aromatic heterocycles. The molecule has 1 heteroatoms. The van der Waals surface area contributed by atoms with Crippen LogP contribution in [0.2, 0.25) is 0 Å². The molecule has 0 spiro atoms. The summed E-state index contributed by atoms with van der Waals surface area (Å²) in [5.74, 6) is 3.12. The van der Waals surface area contributed by atoms with Crippen LogP contribution in [0.15, 0.2) is 60.7 Å². The lowest BCUT2D eigenvalue weighted by atomic mass is 9.67. The maximum Gasteiger partial charge on any atom is 0.0464 e. The van der Waals surface area contributed by atoms with E-state index >= 15 is 0 Å². The Hall–Kier alpha value is -2.54. The molecule has 0 aliphatic heterocycles. The van der Waals surface area contributed by atoms with E-state index in [0.717, 1.165) is 23.7 Å². The van der Waals surface area contributed by atoms with Crippen LogP contribution in [-0.4, -0.2) is 0 Å². The number of rotatable bonds is 3. The highest BCUT2D eigenvalue weighted by Gasteiger charge is 2.35. The summed E-state index contributed by atoms with van der Waals surface area (Å²) < 4.78 is 0. The molecule has 0 amide bonds. The van der Waals surface area contributed by atoms with Crippen LogP contribution in [0.1, 0.15) is 124 Å². The van der Waals surface area contributed by atoms with E-state index in [1.807, 2.05) is 0 Å². The lowest BCUT2D eigenvalue weighted by Crippen LogP contribution is -2.23. The third-order valence-electron chi connectivity index (χ3n) is 9.86. The second kappa shape index (κ2) is 7.99. The van der Waals surface area contributed by atoms with Gasteiger partial charge in [0.2, 0.25) is 0 Å². The summed E-state index contributed by atoms with van der Waals surface area (Å²) in [5.41, 5.74) is 12.1. The van der Waals surface area contributed by atoms with Gasteiger partial charge < -0.3 is 4.90 Å². The first-order valence-corrected chi connectivity index (χ1v) is 14.1. The summed E-state index contributed by atoms with van der Waals surface area (Å²) in [4.78, 5) is 2.54. The van der Waals surface area contributed by atoms with Crippen LogP contribution in [0.25, 0.3) is 0 Å². The topological polar surface area (TPSA) is 3.24 Å². The van der Waals surface area contributed by atoms with Crippen molar-refractivity contribution in [3.8, 4) is 0 Å². The molecular weight excluding hydrogens is 422 g/mol. The summed E-state index contributed by atoms with van der Waals surface area (Å²) in [6.45, 7) is 6.91. The monoisotopic (exact) mass is 461 g/mol. The molecule has 6 aliphatic carbocycles. The molecule has 0 N–H and O–H groups in total. The van der Waals surface area contributed by atoms with Gasteiger partial charge in [0.1, 0.15) is 0 Å². The summed E-state index contributed by atoms with van der Waals surface area (Å²) in [7, 11) is 0. The van der Waals surface area contributed by atoms with E-state index in [-0.39, 0.29) is 5.41 Å². The van der Waals surface area contributed by atoms with Crippen LogP contribution >= 0.6 is 0 Å². The normalized spacial score (nSPS) is 26.4. The molecule has 0 atom stereocenters. The zero-order chi connectivity index (χ0) is 23.7. The minimum atomic E-state index is 0.166. The number of anilines is 3. The van der Waals surface area contributed by atoms with Gasteiger partial charge in [0, 0.05) is 17.1 Å². The van der Waals surface area contributed by atoms with Crippen LogP contribution in [0.4, 0.5) is 17.1 Å². The van der Waals surface area contributed by atoms with Gasteiger partial charge in [-0.3, -0.25) is 0 Å². The fraction of sp³-hybridized carbons (Fsp3) is 0.471. The van der Waals surface area contributed by atoms with Gasteiger partial charge in [0.15, 0.2) is 0 Å². The fourth-order valence-electron chi connectivity index (χ4n) is 7.84. The lowest BCUT2D eigenvalue weighted by molar-refractivity contribution is 0.358. The van der Waals surface area contributed by atoms with Crippen molar-refractivity contribution in [3.05, 3.63) is 88.5 Å². The van der Waals surface area contributed by atoms with Crippen LogP contribution in [0.3, 0.4) is 0 Å². The van der Waals surface area contributed by atoms with E-state index in [4.69, 9.17) is 0 Å². The minimum absolute atomic E-state index is 0.166. The Bertz CT molecular complexity index is 1170. The largest absolute Gasteiger partial charge is 0.310 e. The molecule has 6 aliphatic rings. The first-order chi connectivity index (χ1) is 17.0. The molecule has 3 aromatic carbocycles. The summed E-state index contributed by atoms with van der Waals surface area (Å²) in [6.07, 6.45) is 11.1. The average molecular weight is 462 g/mol. The molecular formula is C34H39N. The molecule has 0 radical (unpaired) electrons. The maximum atomic E-state index is 2.55. The van der Waals surface area contributed by atoms with Crippen molar-refractivity contribution in [2.24, 2.45) is 0 Å². The Morgan fingerprint density at radius 1 is 0.486 bits per heavy atom. The molecule has 180 valence electrons. The van der Waals surface area contributed by atoms with Gasteiger partial charge >= 0.3 is 0 Å². The van der Waals surface area contributed by atoms with E-state index in [0.29, 0.717) is 0 Å². The third-order valence-corrected chi connectivity index (χ3v) is 9.86. The number of nitrogens with zero attached hydrogens (tertiary/aromatic N) is 1. The molecule has 4 bridgehead atoms. The van der Waals surface area contributed by atoms with Crippen LogP contribution in [-0.2, 0) is 5.41 Å². The Morgan fingerprint density at radius 3 is 1.26 bits per heavy atom. The Labute approximate surface area is 211 Å². The predicted octanol–water partition coefficient (Wildman–Crippen LogP) is 9.96. The van der Waals surface area contributed by atoms with Crippen LogP contribution in [0.5, 0.6) is 0 Å². The van der Waals surface area contributed by atoms with Crippen LogP contribution in [0, 0.1) is 0 Å².